The number of piperazine rings is 1. The topological polar surface area (TPSA) is 94.2 Å². The van der Waals surface area contributed by atoms with Crippen LogP contribution in [0.15, 0.2) is 41.5 Å². The average molecular weight is 431 g/mol. The van der Waals surface area contributed by atoms with Gasteiger partial charge in [-0.05, 0) is 56.0 Å². The number of H-pyrrole nitrogens is 1. The van der Waals surface area contributed by atoms with Gasteiger partial charge in [0.1, 0.15) is 5.69 Å². The number of amides is 1. The lowest BCUT2D eigenvalue weighted by atomic mass is 10.2. The van der Waals surface area contributed by atoms with Gasteiger partial charge in [0.15, 0.2) is 0 Å². The van der Waals surface area contributed by atoms with Crippen molar-refractivity contribution in [3.63, 3.8) is 0 Å². The first kappa shape index (κ1) is 19.4. The van der Waals surface area contributed by atoms with E-state index in [1.165, 1.54) is 0 Å². The van der Waals surface area contributed by atoms with Gasteiger partial charge in [0.05, 0.1) is 22.9 Å². The average Bonchev–Trinajstić information content (AvgIpc) is 3.70. The Bertz CT molecular complexity index is 1250. The van der Waals surface area contributed by atoms with E-state index in [2.05, 4.69) is 30.1 Å². The summed E-state index contributed by atoms with van der Waals surface area (Å²) in [6, 6.07) is 9.06. The Kier molecular flexibility index (Phi) is 4.50. The second kappa shape index (κ2) is 7.41. The Balaban J connectivity index is 1.12. The molecule has 4 heterocycles. The molecule has 3 aromatic heterocycles. The highest BCUT2D eigenvalue weighted by atomic mass is 16.2. The summed E-state index contributed by atoms with van der Waals surface area (Å²) in [5, 5.41) is 2.99. The van der Waals surface area contributed by atoms with E-state index >= 15 is 0 Å². The summed E-state index contributed by atoms with van der Waals surface area (Å²) in [6.07, 6.45) is 7.02. The number of carbonyl (C=O) groups excluding carboxylic acids is 1. The Labute approximate surface area is 185 Å². The summed E-state index contributed by atoms with van der Waals surface area (Å²) in [5.41, 5.74) is 4.92. The minimum Gasteiger partial charge on any atom is -0.364 e. The number of nitrogens with one attached hydrogen (secondary N) is 2. The third-order valence-electron chi connectivity index (χ3n) is 6.77. The molecule has 32 heavy (non-hydrogen) atoms. The number of aromatic nitrogens is 3. The van der Waals surface area contributed by atoms with Gasteiger partial charge in [-0.25, -0.2) is 4.98 Å². The van der Waals surface area contributed by atoms with Crippen LogP contribution in [0.5, 0.6) is 0 Å². The number of hydrogen-bond donors (Lipinski definition) is 2. The van der Waals surface area contributed by atoms with Crippen LogP contribution in [0.4, 0.5) is 5.69 Å². The largest absolute Gasteiger partial charge is 0.364 e. The first-order chi connectivity index (χ1) is 15.5. The van der Waals surface area contributed by atoms with Crippen molar-refractivity contribution in [2.75, 3.05) is 18.0 Å². The molecule has 164 valence electrons. The SMILES string of the molecule is Cc1cc2ncc(CN3CCN(c4ccc(C(=O)NC5CC5)nc4)[C@@H]4CC43)cc2[nH]c1=O. The van der Waals surface area contributed by atoms with Gasteiger partial charge < -0.3 is 15.2 Å². The highest BCUT2D eigenvalue weighted by molar-refractivity contribution is 5.92. The van der Waals surface area contributed by atoms with Gasteiger partial charge in [0.2, 0.25) is 0 Å². The van der Waals surface area contributed by atoms with Gasteiger partial charge in [-0.15, -0.1) is 0 Å². The molecule has 1 saturated heterocycles. The number of nitrogens with zero attached hydrogens (tertiary/aromatic N) is 4. The van der Waals surface area contributed by atoms with Crippen molar-refractivity contribution in [2.45, 2.75) is 50.9 Å². The van der Waals surface area contributed by atoms with Gasteiger partial charge in [0, 0.05) is 49.5 Å². The van der Waals surface area contributed by atoms with Gasteiger partial charge in [-0.2, -0.15) is 0 Å². The van der Waals surface area contributed by atoms with E-state index in [9.17, 15) is 9.59 Å². The molecule has 2 aliphatic carbocycles. The van der Waals surface area contributed by atoms with Crippen LogP contribution >= 0.6 is 0 Å². The summed E-state index contributed by atoms with van der Waals surface area (Å²) >= 11 is 0. The Morgan fingerprint density at radius 2 is 2.03 bits per heavy atom. The fourth-order valence-electron chi connectivity index (χ4n) is 4.70. The zero-order valence-electron chi connectivity index (χ0n) is 18.0. The highest BCUT2D eigenvalue weighted by Gasteiger charge is 2.48. The number of aryl methyl sites for hydroxylation is 1. The number of anilines is 1. The molecule has 6 rings (SSSR count). The molecule has 0 radical (unpaired) electrons. The predicted octanol–water partition coefficient (Wildman–Crippen LogP) is 1.98. The molecular weight excluding hydrogens is 404 g/mol. The molecular formula is C24H26N6O2. The normalized spacial score (nSPS) is 22.6. The maximum Gasteiger partial charge on any atom is 0.270 e. The van der Waals surface area contributed by atoms with E-state index in [0.29, 0.717) is 29.4 Å². The van der Waals surface area contributed by atoms with Crippen molar-refractivity contribution in [3.8, 4) is 0 Å². The second-order valence-corrected chi connectivity index (χ2v) is 9.24. The van der Waals surface area contributed by atoms with Crippen LogP contribution in [0.1, 0.15) is 40.9 Å². The lowest BCUT2D eigenvalue weighted by molar-refractivity contribution is 0.0946. The zero-order valence-corrected chi connectivity index (χ0v) is 18.0. The second-order valence-electron chi connectivity index (χ2n) is 9.24. The maximum atomic E-state index is 12.2. The molecule has 1 aliphatic heterocycles. The van der Waals surface area contributed by atoms with Gasteiger partial charge in [0.25, 0.3) is 11.5 Å². The number of carbonyl (C=O) groups is 1. The molecule has 2 N–H and O–H groups in total. The van der Waals surface area contributed by atoms with Crippen LogP contribution in [-0.2, 0) is 6.54 Å². The Hall–Kier alpha value is -3.26. The first-order valence-corrected chi connectivity index (χ1v) is 11.3. The van der Waals surface area contributed by atoms with Crippen molar-refractivity contribution < 1.29 is 4.79 Å². The van der Waals surface area contributed by atoms with E-state index in [1.54, 1.807) is 6.92 Å². The van der Waals surface area contributed by atoms with Gasteiger partial charge >= 0.3 is 0 Å². The highest BCUT2D eigenvalue weighted by Crippen LogP contribution is 2.40. The van der Waals surface area contributed by atoms with E-state index in [-0.39, 0.29) is 11.5 Å². The summed E-state index contributed by atoms with van der Waals surface area (Å²) in [7, 11) is 0. The van der Waals surface area contributed by atoms with Crippen LogP contribution in [0.2, 0.25) is 0 Å². The first-order valence-electron chi connectivity index (χ1n) is 11.3. The van der Waals surface area contributed by atoms with E-state index in [0.717, 1.165) is 61.2 Å². The predicted molar refractivity (Wildman–Crippen MR) is 122 cm³/mol. The van der Waals surface area contributed by atoms with Crippen LogP contribution in [0, 0.1) is 6.92 Å². The van der Waals surface area contributed by atoms with Crippen molar-refractivity contribution >= 4 is 22.6 Å². The van der Waals surface area contributed by atoms with Crippen LogP contribution < -0.4 is 15.8 Å². The fraction of sp³-hybridized carbons (Fsp3) is 0.417. The van der Waals surface area contributed by atoms with Crippen molar-refractivity contribution in [1.82, 2.24) is 25.2 Å². The number of fused-ring (bicyclic) bond motifs is 2. The Morgan fingerprint density at radius 1 is 1.16 bits per heavy atom. The van der Waals surface area contributed by atoms with E-state index in [4.69, 9.17) is 0 Å². The molecule has 0 spiro atoms. The van der Waals surface area contributed by atoms with Gasteiger partial charge in [-0.1, -0.05) is 0 Å². The summed E-state index contributed by atoms with van der Waals surface area (Å²) < 4.78 is 0. The molecule has 8 heteroatoms. The number of pyridine rings is 3. The van der Waals surface area contributed by atoms with Crippen LogP contribution in [-0.4, -0.2) is 57.0 Å². The molecule has 1 unspecified atom stereocenters. The quantitative estimate of drug-likeness (QED) is 0.643. The molecule has 1 amide bonds. The van der Waals surface area contributed by atoms with E-state index in [1.807, 2.05) is 36.7 Å². The number of hydrogen-bond acceptors (Lipinski definition) is 6. The van der Waals surface area contributed by atoms with Crippen LogP contribution in [0.3, 0.4) is 0 Å². The molecule has 8 nitrogen and oxygen atoms in total. The lowest BCUT2D eigenvalue weighted by Gasteiger charge is -2.35. The van der Waals surface area contributed by atoms with Crippen molar-refractivity contribution in [3.05, 3.63) is 63.8 Å². The number of rotatable bonds is 5. The zero-order chi connectivity index (χ0) is 21.8. The molecule has 3 fully saturated rings. The standard InChI is InChI=1S/C24H26N6O2/c1-14-8-19-20(28-23(14)31)9-15(11-25-19)13-29-6-7-30(22-10-21(22)29)17-4-5-18(26-12-17)24(32)27-16-2-3-16/h4-5,8-9,11-12,16,21-22H,2-3,6-7,10,13H2,1H3,(H,27,32)(H,28,31)/t21?,22-/m1/s1. The molecule has 0 aromatic carbocycles. The molecule has 2 atom stereocenters. The molecule has 3 aliphatic rings. The van der Waals surface area contributed by atoms with Gasteiger partial charge in [-0.3, -0.25) is 19.5 Å². The monoisotopic (exact) mass is 430 g/mol. The fourth-order valence-corrected chi connectivity index (χ4v) is 4.70. The van der Waals surface area contributed by atoms with Crippen molar-refractivity contribution in [1.29, 1.82) is 0 Å². The summed E-state index contributed by atoms with van der Waals surface area (Å²) in [4.78, 5) is 40.9. The molecule has 2 saturated carbocycles. The summed E-state index contributed by atoms with van der Waals surface area (Å²) in [6.45, 7) is 4.50. The smallest absolute Gasteiger partial charge is 0.270 e. The van der Waals surface area contributed by atoms with E-state index < -0.39 is 0 Å². The Morgan fingerprint density at radius 3 is 2.81 bits per heavy atom. The molecule has 0 bridgehead atoms. The molecule has 3 aromatic rings. The third kappa shape index (κ3) is 3.64. The van der Waals surface area contributed by atoms with Crippen LogP contribution in [0.25, 0.3) is 11.0 Å². The maximum absolute atomic E-state index is 12.2. The third-order valence-corrected chi connectivity index (χ3v) is 6.77. The minimum absolute atomic E-state index is 0.0584. The number of aromatic amines is 1. The summed E-state index contributed by atoms with van der Waals surface area (Å²) in [5.74, 6) is -0.0753. The lowest BCUT2D eigenvalue weighted by Crippen LogP contribution is -2.46. The van der Waals surface area contributed by atoms with Crippen molar-refractivity contribution in [2.24, 2.45) is 0 Å². The minimum atomic E-state index is -0.0753.